The standard InChI is InChI=1S/C16H21NO2/c18-10-6-5-7-14-11-16(13-17-12-14)19-15-8-3-1-2-4-9-15/h11-13,15,18H,1-4,6,8-10H2. The molecule has 1 heterocycles. The van der Waals surface area contributed by atoms with Crippen LogP contribution < -0.4 is 4.74 Å². The smallest absolute Gasteiger partial charge is 0.139 e. The SMILES string of the molecule is OCCC#Cc1cncc(OC2CCCCCC2)c1. The van der Waals surface area contributed by atoms with Gasteiger partial charge >= 0.3 is 0 Å². The third kappa shape index (κ3) is 4.92. The van der Waals surface area contributed by atoms with Crippen LogP contribution in [0.15, 0.2) is 18.5 Å². The Morgan fingerprint density at radius 3 is 2.74 bits per heavy atom. The highest BCUT2D eigenvalue weighted by Crippen LogP contribution is 2.22. The summed E-state index contributed by atoms with van der Waals surface area (Å²) in [4.78, 5) is 4.16. The summed E-state index contributed by atoms with van der Waals surface area (Å²) in [6, 6.07) is 1.93. The molecular weight excluding hydrogens is 238 g/mol. The summed E-state index contributed by atoms with van der Waals surface area (Å²) < 4.78 is 6.00. The van der Waals surface area contributed by atoms with Crippen molar-refractivity contribution in [2.45, 2.75) is 51.0 Å². The van der Waals surface area contributed by atoms with Crippen molar-refractivity contribution in [2.75, 3.05) is 6.61 Å². The van der Waals surface area contributed by atoms with Gasteiger partial charge < -0.3 is 9.84 Å². The fourth-order valence-electron chi connectivity index (χ4n) is 2.32. The number of hydrogen-bond acceptors (Lipinski definition) is 3. The van der Waals surface area contributed by atoms with Crippen LogP contribution in [0.4, 0.5) is 0 Å². The van der Waals surface area contributed by atoms with Crippen LogP contribution in [-0.4, -0.2) is 22.8 Å². The van der Waals surface area contributed by atoms with Crippen LogP contribution in [0.3, 0.4) is 0 Å². The second-order valence-electron chi connectivity index (χ2n) is 4.92. The van der Waals surface area contributed by atoms with Gasteiger partial charge in [-0.05, 0) is 31.7 Å². The third-order valence-corrected chi connectivity index (χ3v) is 3.29. The van der Waals surface area contributed by atoms with Gasteiger partial charge in [-0.25, -0.2) is 0 Å². The number of ether oxygens (including phenoxy) is 1. The first-order valence-corrected chi connectivity index (χ1v) is 7.10. The van der Waals surface area contributed by atoms with E-state index in [1.54, 1.807) is 12.4 Å². The zero-order valence-electron chi connectivity index (χ0n) is 11.3. The summed E-state index contributed by atoms with van der Waals surface area (Å²) in [5.74, 6) is 6.69. The summed E-state index contributed by atoms with van der Waals surface area (Å²) in [7, 11) is 0. The largest absolute Gasteiger partial charge is 0.489 e. The number of nitrogens with zero attached hydrogens (tertiary/aromatic N) is 1. The summed E-state index contributed by atoms with van der Waals surface area (Å²) >= 11 is 0. The number of hydrogen-bond donors (Lipinski definition) is 1. The molecule has 1 aliphatic carbocycles. The molecule has 3 nitrogen and oxygen atoms in total. The zero-order chi connectivity index (χ0) is 13.3. The Bertz CT molecular complexity index is 440. The van der Waals surface area contributed by atoms with Crippen LogP contribution in [0.5, 0.6) is 5.75 Å². The van der Waals surface area contributed by atoms with E-state index in [0.717, 1.165) is 24.2 Å². The summed E-state index contributed by atoms with van der Waals surface area (Å²) in [5.41, 5.74) is 0.847. The molecule has 1 saturated carbocycles. The summed E-state index contributed by atoms with van der Waals surface area (Å²) in [5, 5.41) is 8.70. The molecule has 0 amide bonds. The van der Waals surface area contributed by atoms with E-state index in [4.69, 9.17) is 9.84 Å². The molecule has 1 aromatic rings. The van der Waals surface area contributed by atoms with Crippen LogP contribution in [0, 0.1) is 11.8 Å². The predicted octanol–water partition coefficient (Wildman–Crippen LogP) is 2.92. The molecule has 3 heteroatoms. The molecule has 1 aliphatic rings. The highest BCUT2D eigenvalue weighted by molar-refractivity contribution is 5.36. The Morgan fingerprint density at radius 2 is 2.00 bits per heavy atom. The minimum atomic E-state index is 0.0959. The molecule has 1 N–H and O–H groups in total. The second kappa shape index (κ2) is 7.81. The van der Waals surface area contributed by atoms with Gasteiger partial charge in [-0.15, -0.1) is 0 Å². The molecule has 0 atom stereocenters. The molecule has 0 bridgehead atoms. The number of rotatable bonds is 3. The van der Waals surface area contributed by atoms with E-state index in [9.17, 15) is 0 Å². The average Bonchev–Trinajstić information content (AvgIpc) is 2.68. The summed E-state index contributed by atoms with van der Waals surface area (Å²) in [6.07, 6.45) is 11.7. The fraction of sp³-hybridized carbons (Fsp3) is 0.562. The molecule has 1 aromatic heterocycles. The van der Waals surface area contributed by atoms with Crippen molar-refractivity contribution in [2.24, 2.45) is 0 Å². The molecule has 102 valence electrons. The Labute approximate surface area is 115 Å². The minimum absolute atomic E-state index is 0.0959. The van der Waals surface area contributed by atoms with Crippen LogP contribution in [0.25, 0.3) is 0 Å². The molecular formula is C16H21NO2. The topological polar surface area (TPSA) is 42.4 Å². The molecule has 0 spiro atoms. The van der Waals surface area contributed by atoms with E-state index >= 15 is 0 Å². The van der Waals surface area contributed by atoms with Gasteiger partial charge in [-0.2, -0.15) is 0 Å². The number of aromatic nitrogens is 1. The lowest BCUT2D eigenvalue weighted by atomic mass is 10.1. The van der Waals surface area contributed by atoms with Crippen molar-refractivity contribution >= 4 is 0 Å². The van der Waals surface area contributed by atoms with Crippen LogP contribution in [-0.2, 0) is 0 Å². The second-order valence-corrected chi connectivity index (χ2v) is 4.92. The van der Waals surface area contributed by atoms with E-state index in [2.05, 4.69) is 16.8 Å². The van der Waals surface area contributed by atoms with E-state index < -0.39 is 0 Å². The highest BCUT2D eigenvalue weighted by Gasteiger charge is 2.13. The Balaban J connectivity index is 1.96. The van der Waals surface area contributed by atoms with E-state index in [1.807, 2.05) is 6.07 Å². The number of pyridine rings is 1. The maximum absolute atomic E-state index is 8.70. The Hall–Kier alpha value is -1.53. The van der Waals surface area contributed by atoms with Crippen molar-refractivity contribution in [1.29, 1.82) is 0 Å². The van der Waals surface area contributed by atoms with Crippen molar-refractivity contribution in [3.8, 4) is 17.6 Å². The van der Waals surface area contributed by atoms with E-state index in [0.29, 0.717) is 12.5 Å². The molecule has 19 heavy (non-hydrogen) atoms. The van der Waals surface area contributed by atoms with Gasteiger partial charge in [-0.1, -0.05) is 24.7 Å². The molecule has 0 radical (unpaired) electrons. The highest BCUT2D eigenvalue weighted by atomic mass is 16.5. The molecule has 0 aliphatic heterocycles. The molecule has 0 aromatic carbocycles. The molecule has 1 fully saturated rings. The van der Waals surface area contributed by atoms with Crippen LogP contribution in [0.1, 0.15) is 50.5 Å². The first-order valence-electron chi connectivity index (χ1n) is 7.10. The number of aliphatic hydroxyl groups excluding tert-OH is 1. The van der Waals surface area contributed by atoms with Gasteiger partial charge in [0.05, 0.1) is 18.9 Å². The van der Waals surface area contributed by atoms with Crippen LogP contribution >= 0.6 is 0 Å². The fourth-order valence-corrected chi connectivity index (χ4v) is 2.32. The monoisotopic (exact) mass is 259 g/mol. The Kier molecular flexibility index (Phi) is 5.71. The first-order chi connectivity index (χ1) is 9.38. The Morgan fingerprint density at radius 1 is 1.21 bits per heavy atom. The molecule has 0 unspecified atom stereocenters. The predicted molar refractivity (Wildman–Crippen MR) is 74.9 cm³/mol. The first kappa shape index (κ1) is 13.9. The lowest BCUT2D eigenvalue weighted by Gasteiger charge is -2.16. The van der Waals surface area contributed by atoms with Crippen LogP contribution in [0.2, 0.25) is 0 Å². The van der Waals surface area contributed by atoms with Gasteiger partial charge in [0, 0.05) is 18.2 Å². The normalized spacial score (nSPS) is 16.3. The average molecular weight is 259 g/mol. The van der Waals surface area contributed by atoms with Crippen molar-refractivity contribution in [3.63, 3.8) is 0 Å². The molecule has 2 rings (SSSR count). The lowest BCUT2D eigenvalue weighted by Crippen LogP contribution is -2.15. The van der Waals surface area contributed by atoms with Gasteiger partial charge in [0.2, 0.25) is 0 Å². The lowest BCUT2D eigenvalue weighted by molar-refractivity contribution is 0.183. The van der Waals surface area contributed by atoms with Crippen molar-refractivity contribution in [1.82, 2.24) is 4.98 Å². The maximum atomic E-state index is 8.70. The van der Waals surface area contributed by atoms with E-state index in [1.165, 1.54) is 25.7 Å². The number of aliphatic hydroxyl groups is 1. The van der Waals surface area contributed by atoms with Gasteiger partial charge in [0.25, 0.3) is 0 Å². The maximum Gasteiger partial charge on any atom is 0.139 e. The minimum Gasteiger partial charge on any atom is -0.489 e. The van der Waals surface area contributed by atoms with E-state index in [-0.39, 0.29) is 6.61 Å². The van der Waals surface area contributed by atoms with Crippen molar-refractivity contribution < 1.29 is 9.84 Å². The van der Waals surface area contributed by atoms with Gasteiger partial charge in [0.15, 0.2) is 0 Å². The molecule has 0 saturated heterocycles. The zero-order valence-corrected chi connectivity index (χ0v) is 11.3. The third-order valence-electron chi connectivity index (χ3n) is 3.29. The van der Waals surface area contributed by atoms with Crippen molar-refractivity contribution in [3.05, 3.63) is 24.0 Å². The van der Waals surface area contributed by atoms with Gasteiger partial charge in [0.1, 0.15) is 5.75 Å². The van der Waals surface area contributed by atoms with Gasteiger partial charge in [-0.3, -0.25) is 4.98 Å². The summed E-state index contributed by atoms with van der Waals surface area (Å²) in [6.45, 7) is 0.0959. The quantitative estimate of drug-likeness (QED) is 0.670.